The fourth-order valence-electron chi connectivity index (χ4n) is 1.44. The Labute approximate surface area is 106 Å². The van der Waals surface area contributed by atoms with E-state index in [2.05, 4.69) is 39.6 Å². The van der Waals surface area contributed by atoms with Gasteiger partial charge in [-0.05, 0) is 63.4 Å². The molecule has 4 heteroatoms. The molecule has 2 rings (SSSR count). The summed E-state index contributed by atoms with van der Waals surface area (Å²) in [5.41, 5.74) is 2.01. The van der Waals surface area contributed by atoms with Crippen LogP contribution in [0.5, 0.6) is 0 Å². The molecule has 84 valence electrons. The zero-order chi connectivity index (χ0) is 11.5. The van der Waals surface area contributed by atoms with Gasteiger partial charge in [-0.25, -0.2) is 4.39 Å². The van der Waals surface area contributed by atoms with E-state index in [1.54, 1.807) is 17.4 Å². The van der Waals surface area contributed by atoms with Crippen molar-refractivity contribution in [3.05, 3.63) is 50.9 Å². The van der Waals surface area contributed by atoms with E-state index in [4.69, 9.17) is 0 Å². The summed E-state index contributed by atoms with van der Waals surface area (Å²) in [6.07, 6.45) is 0. The lowest BCUT2D eigenvalue weighted by molar-refractivity contribution is 0.621. The highest BCUT2D eigenvalue weighted by molar-refractivity contribution is 9.10. The first-order chi connectivity index (χ1) is 7.66. The van der Waals surface area contributed by atoms with Crippen molar-refractivity contribution in [1.29, 1.82) is 0 Å². The topological polar surface area (TPSA) is 12.0 Å². The molecule has 0 bridgehead atoms. The molecular formula is C12H11BrFNS. The molecule has 1 unspecified atom stereocenters. The highest BCUT2D eigenvalue weighted by atomic mass is 79.9. The molecule has 0 radical (unpaired) electrons. The third-order valence-corrected chi connectivity index (χ3v) is 3.69. The second-order valence-electron chi connectivity index (χ2n) is 3.55. The Bertz CT molecular complexity index is 470. The van der Waals surface area contributed by atoms with Gasteiger partial charge in [-0.15, -0.1) is 0 Å². The number of anilines is 1. The molecule has 0 saturated carbocycles. The molecule has 0 saturated heterocycles. The van der Waals surface area contributed by atoms with E-state index in [-0.39, 0.29) is 11.9 Å². The van der Waals surface area contributed by atoms with Gasteiger partial charge in [0.15, 0.2) is 0 Å². The van der Waals surface area contributed by atoms with Crippen LogP contribution in [0.15, 0.2) is 39.5 Å². The van der Waals surface area contributed by atoms with Crippen LogP contribution in [0.1, 0.15) is 18.5 Å². The maximum atomic E-state index is 13.3. The lowest BCUT2D eigenvalue weighted by atomic mass is 10.1. The Morgan fingerprint density at radius 1 is 1.38 bits per heavy atom. The normalized spacial score (nSPS) is 12.4. The number of thiophene rings is 1. The fraction of sp³-hybridized carbons (Fsp3) is 0.167. The number of hydrogen-bond acceptors (Lipinski definition) is 2. The molecule has 0 aliphatic carbocycles. The van der Waals surface area contributed by atoms with E-state index in [0.717, 1.165) is 5.69 Å². The molecule has 1 nitrogen and oxygen atoms in total. The number of rotatable bonds is 3. The van der Waals surface area contributed by atoms with Crippen LogP contribution in [-0.4, -0.2) is 0 Å². The minimum absolute atomic E-state index is 0.187. The van der Waals surface area contributed by atoms with Gasteiger partial charge in [0, 0.05) is 11.7 Å². The molecule has 0 aliphatic rings. The number of nitrogens with one attached hydrogen (secondary N) is 1. The molecule has 1 aromatic carbocycles. The Balaban J connectivity index is 2.12. The summed E-state index contributed by atoms with van der Waals surface area (Å²) in [6, 6.07) is 7.31. The predicted molar refractivity (Wildman–Crippen MR) is 70.5 cm³/mol. The first-order valence-corrected chi connectivity index (χ1v) is 6.64. The molecule has 1 N–H and O–H groups in total. The summed E-state index contributed by atoms with van der Waals surface area (Å²) in [6.45, 7) is 2.06. The van der Waals surface area contributed by atoms with Gasteiger partial charge in [-0.1, -0.05) is 0 Å². The van der Waals surface area contributed by atoms with Gasteiger partial charge in [-0.3, -0.25) is 0 Å². The van der Waals surface area contributed by atoms with E-state index < -0.39 is 0 Å². The van der Waals surface area contributed by atoms with Crippen LogP contribution < -0.4 is 5.32 Å². The molecular weight excluding hydrogens is 289 g/mol. The molecule has 2 aromatic rings. The summed E-state index contributed by atoms with van der Waals surface area (Å²) in [5.74, 6) is -0.248. The Morgan fingerprint density at radius 3 is 2.81 bits per heavy atom. The van der Waals surface area contributed by atoms with Crippen LogP contribution in [0, 0.1) is 5.82 Å². The quantitative estimate of drug-likeness (QED) is 0.856. The molecule has 1 atom stereocenters. The van der Waals surface area contributed by atoms with Crippen molar-refractivity contribution >= 4 is 33.0 Å². The SMILES string of the molecule is CC(Nc1ccc(Br)c(F)c1)c1ccsc1. The summed E-state index contributed by atoms with van der Waals surface area (Å²) in [4.78, 5) is 0. The second-order valence-corrected chi connectivity index (χ2v) is 5.19. The second kappa shape index (κ2) is 4.97. The maximum Gasteiger partial charge on any atom is 0.139 e. The highest BCUT2D eigenvalue weighted by Crippen LogP contribution is 2.24. The number of benzene rings is 1. The van der Waals surface area contributed by atoms with Crippen molar-refractivity contribution in [3.63, 3.8) is 0 Å². The minimum Gasteiger partial charge on any atom is -0.378 e. The summed E-state index contributed by atoms with van der Waals surface area (Å²) in [7, 11) is 0. The van der Waals surface area contributed by atoms with E-state index >= 15 is 0 Å². The third-order valence-electron chi connectivity index (χ3n) is 2.35. The minimum atomic E-state index is -0.248. The number of halogens is 2. The smallest absolute Gasteiger partial charge is 0.139 e. The van der Waals surface area contributed by atoms with Crippen LogP contribution in [0.2, 0.25) is 0 Å². The average Bonchev–Trinajstić information content (AvgIpc) is 2.77. The highest BCUT2D eigenvalue weighted by Gasteiger charge is 2.06. The monoisotopic (exact) mass is 299 g/mol. The molecule has 0 aliphatic heterocycles. The van der Waals surface area contributed by atoms with Gasteiger partial charge in [-0.2, -0.15) is 11.3 Å². The van der Waals surface area contributed by atoms with Crippen molar-refractivity contribution in [2.75, 3.05) is 5.32 Å². The fourth-order valence-corrected chi connectivity index (χ4v) is 2.44. The summed E-state index contributed by atoms with van der Waals surface area (Å²) >= 11 is 4.80. The van der Waals surface area contributed by atoms with Crippen molar-refractivity contribution in [2.45, 2.75) is 13.0 Å². The first-order valence-electron chi connectivity index (χ1n) is 4.90. The summed E-state index contributed by atoms with van der Waals surface area (Å²) in [5, 5.41) is 7.39. The average molecular weight is 300 g/mol. The van der Waals surface area contributed by atoms with E-state index in [0.29, 0.717) is 4.47 Å². The number of hydrogen-bond donors (Lipinski definition) is 1. The van der Waals surface area contributed by atoms with Gasteiger partial charge in [0.05, 0.1) is 4.47 Å². The van der Waals surface area contributed by atoms with Crippen LogP contribution in [-0.2, 0) is 0 Å². The zero-order valence-electron chi connectivity index (χ0n) is 8.71. The van der Waals surface area contributed by atoms with Crippen LogP contribution in [0.3, 0.4) is 0 Å². The Kier molecular flexibility index (Phi) is 3.61. The molecule has 0 amide bonds. The van der Waals surface area contributed by atoms with Gasteiger partial charge >= 0.3 is 0 Å². The van der Waals surface area contributed by atoms with Crippen LogP contribution in [0.25, 0.3) is 0 Å². The van der Waals surface area contributed by atoms with Gasteiger partial charge in [0.2, 0.25) is 0 Å². The molecule has 1 aromatic heterocycles. The molecule has 0 fully saturated rings. The standard InChI is InChI=1S/C12H11BrFNS/c1-8(9-4-5-16-7-9)15-10-2-3-11(13)12(14)6-10/h2-8,15H,1H3. The maximum absolute atomic E-state index is 13.3. The molecule has 0 spiro atoms. The molecule has 1 heterocycles. The zero-order valence-corrected chi connectivity index (χ0v) is 11.1. The third kappa shape index (κ3) is 2.62. The largest absolute Gasteiger partial charge is 0.378 e. The first kappa shape index (κ1) is 11.6. The van der Waals surface area contributed by atoms with Crippen molar-refractivity contribution in [1.82, 2.24) is 0 Å². The Morgan fingerprint density at radius 2 is 2.19 bits per heavy atom. The Hall–Kier alpha value is -0.870. The van der Waals surface area contributed by atoms with Gasteiger partial charge < -0.3 is 5.32 Å². The van der Waals surface area contributed by atoms with Gasteiger partial charge in [0.1, 0.15) is 5.82 Å². The molecule has 16 heavy (non-hydrogen) atoms. The van der Waals surface area contributed by atoms with E-state index in [1.165, 1.54) is 11.6 Å². The lowest BCUT2D eigenvalue weighted by Gasteiger charge is -2.14. The van der Waals surface area contributed by atoms with Crippen molar-refractivity contribution in [3.8, 4) is 0 Å². The predicted octanol–water partition coefficient (Wildman–Crippen LogP) is 4.82. The lowest BCUT2D eigenvalue weighted by Crippen LogP contribution is -2.05. The van der Waals surface area contributed by atoms with E-state index in [1.807, 2.05) is 11.4 Å². The van der Waals surface area contributed by atoms with Crippen molar-refractivity contribution < 1.29 is 4.39 Å². The van der Waals surface area contributed by atoms with Crippen molar-refractivity contribution in [2.24, 2.45) is 0 Å². The van der Waals surface area contributed by atoms with Crippen LogP contribution in [0.4, 0.5) is 10.1 Å². The van der Waals surface area contributed by atoms with Gasteiger partial charge in [0.25, 0.3) is 0 Å². The van der Waals surface area contributed by atoms with Crippen LogP contribution >= 0.6 is 27.3 Å². The summed E-state index contributed by atoms with van der Waals surface area (Å²) < 4.78 is 13.8. The van der Waals surface area contributed by atoms with E-state index in [9.17, 15) is 4.39 Å².